The van der Waals surface area contributed by atoms with Crippen molar-refractivity contribution in [1.82, 2.24) is 15.9 Å². The zero-order valence-electron chi connectivity index (χ0n) is 11.1. The van der Waals surface area contributed by atoms with E-state index in [0.717, 1.165) is 0 Å². The number of hydrogen-bond donors (Lipinski definition) is 2. The molecule has 2 fully saturated rings. The Bertz CT molecular complexity index is 281. The van der Waals surface area contributed by atoms with E-state index in [9.17, 15) is 0 Å². The van der Waals surface area contributed by atoms with Crippen molar-refractivity contribution in [1.29, 1.82) is 0 Å². The molecule has 3 rings (SSSR count). The third kappa shape index (κ3) is 2.83. The minimum absolute atomic E-state index is 0.0659. The fourth-order valence-electron chi connectivity index (χ4n) is 3.48. The number of rotatable bonds is 3. The molecule has 2 N–H and O–H groups in total. The Balaban J connectivity index is 1.54. The first-order valence-corrected chi connectivity index (χ1v) is 7.63. The van der Waals surface area contributed by atoms with E-state index in [1.54, 1.807) is 0 Å². The molecule has 0 amide bonds. The fraction of sp³-hybridized carbons (Fsp3) is 1.00. The van der Waals surface area contributed by atoms with Crippen molar-refractivity contribution in [2.45, 2.75) is 82.6 Å². The van der Waals surface area contributed by atoms with Gasteiger partial charge in [-0.3, -0.25) is 5.32 Å². The normalized spacial score (nSPS) is 31.7. The molecule has 0 radical (unpaired) electrons. The summed E-state index contributed by atoms with van der Waals surface area (Å²) in [7, 11) is 0. The van der Waals surface area contributed by atoms with Gasteiger partial charge in [0.2, 0.25) is 0 Å². The molecular formula is C13H25N5. The minimum atomic E-state index is 0.0659. The molecule has 1 heterocycles. The van der Waals surface area contributed by atoms with Crippen molar-refractivity contribution in [3.8, 4) is 0 Å². The van der Waals surface area contributed by atoms with Gasteiger partial charge in [0, 0.05) is 12.1 Å². The first kappa shape index (κ1) is 12.4. The van der Waals surface area contributed by atoms with Gasteiger partial charge in [0.25, 0.3) is 0 Å². The molecule has 2 saturated carbocycles. The number of nitrogens with zero attached hydrogens (tertiary/aromatic N) is 3. The van der Waals surface area contributed by atoms with Crippen LogP contribution >= 0.6 is 0 Å². The van der Waals surface area contributed by atoms with E-state index in [4.69, 9.17) is 0 Å². The maximum atomic E-state index is 4.32. The van der Waals surface area contributed by atoms with Crippen LogP contribution in [0.15, 0.2) is 10.3 Å². The molecule has 1 aliphatic heterocycles. The largest absolute Gasteiger partial charge is 0.277 e. The molecule has 3 aliphatic rings. The van der Waals surface area contributed by atoms with E-state index in [2.05, 4.69) is 26.2 Å². The molecule has 18 heavy (non-hydrogen) atoms. The lowest BCUT2D eigenvalue weighted by Gasteiger charge is -2.35. The van der Waals surface area contributed by atoms with Crippen LogP contribution in [0, 0.1) is 0 Å². The molecule has 0 saturated heterocycles. The highest BCUT2D eigenvalue weighted by atomic mass is 15.8. The Morgan fingerprint density at radius 2 is 1.56 bits per heavy atom. The highest BCUT2D eigenvalue weighted by Crippen LogP contribution is 2.25. The minimum Gasteiger partial charge on any atom is -0.277 e. The summed E-state index contributed by atoms with van der Waals surface area (Å²) in [4.78, 5) is 0. The van der Waals surface area contributed by atoms with Gasteiger partial charge in [0.1, 0.15) is 0 Å². The predicted molar refractivity (Wildman–Crippen MR) is 70.5 cm³/mol. The summed E-state index contributed by atoms with van der Waals surface area (Å²) < 4.78 is 0. The molecule has 0 bridgehead atoms. The molecule has 5 nitrogen and oxygen atoms in total. The third-order valence-electron chi connectivity index (χ3n) is 4.55. The zero-order chi connectivity index (χ0) is 12.2. The number of nitrogens with one attached hydrogen (secondary N) is 2. The Hall–Kier alpha value is -0.680. The van der Waals surface area contributed by atoms with Crippen molar-refractivity contribution >= 4 is 0 Å². The van der Waals surface area contributed by atoms with Gasteiger partial charge < -0.3 is 0 Å². The molecule has 102 valence electrons. The highest BCUT2D eigenvalue weighted by molar-refractivity contribution is 4.81. The van der Waals surface area contributed by atoms with Crippen LogP contribution in [-0.2, 0) is 0 Å². The molecule has 5 heteroatoms. The molecule has 0 unspecified atom stereocenters. The monoisotopic (exact) mass is 251 g/mol. The van der Waals surface area contributed by atoms with Crippen LogP contribution in [0.5, 0.6) is 0 Å². The topological polar surface area (TPSA) is 52.0 Å². The van der Waals surface area contributed by atoms with Gasteiger partial charge in [-0.1, -0.05) is 43.7 Å². The average Bonchev–Trinajstić information content (AvgIpc) is 2.89. The Labute approximate surface area is 109 Å². The molecule has 2 aliphatic carbocycles. The first-order chi connectivity index (χ1) is 8.93. The standard InChI is InChI=1S/C13H25N5/c1-3-7-11(8-4-1)14-13-15-16-17-18(13)12-9-5-2-6-10-12/h11-14H,1-10H2,(H,15,17)/t13-/m0/s1. The van der Waals surface area contributed by atoms with E-state index >= 15 is 0 Å². The summed E-state index contributed by atoms with van der Waals surface area (Å²) in [5.74, 6) is 0. The van der Waals surface area contributed by atoms with Gasteiger partial charge in [-0.15, -0.1) is 5.11 Å². The van der Waals surface area contributed by atoms with Crippen molar-refractivity contribution in [2.24, 2.45) is 10.3 Å². The number of hydrogen-bond acceptors (Lipinski definition) is 5. The van der Waals surface area contributed by atoms with E-state index in [0.29, 0.717) is 12.1 Å². The van der Waals surface area contributed by atoms with Gasteiger partial charge in [-0.2, -0.15) is 5.01 Å². The molecule has 0 aromatic rings. The summed E-state index contributed by atoms with van der Waals surface area (Å²) in [6, 6.07) is 1.24. The van der Waals surface area contributed by atoms with Crippen LogP contribution in [0.25, 0.3) is 0 Å². The second-order valence-electron chi connectivity index (χ2n) is 5.89. The SMILES string of the molecule is C1CCC(N[C@H]2N=NNN2C2CCCCC2)CC1. The van der Waals surface area contributed by atoms with Crippen LogP contribution in [0.2, 0.25) is 0 Å². The molecule has 1 atom stereocenters. The third-order valence-corrected chi connectivity index (χ3v) is 4.55. The Kier molecular flexibility index (Phi) is 4.10. The summed E-state index contributed by atoms with van der Waals surface area (Å²) in [6.07, 6.45) is 13.4. The van der Waals surface area contributed by atoms with Crippen molar-refractivity contribution < 1.29 is 0 Å². The fourth-order valence-corrected chi connectivity index (χ4v) is 3.48. The Morgan fingerprint density at radius 3 is 2.28 bits per heavy atom. The summed E-state index contributed by atoms with van der Waals surface area (Å²) in [5, 5.41) is 14.3. The lowest BCUT2D eigenvalue weighted by Crippen LogP contribution is -2.54. The Morgan fingerprint density at radius 1 is 0.889 bits per heavy atom. The lowest BCUT2D eigenvalue weighted by molar-refractivity contribution is 0.0563. The van der Waals surface area contributed by atoms with Crippen LogP contribution in [0.1, 0.15) is 64.2 Å². The van der Waals surface area contributed by atoms with Crippen LogP contribution in [0.4, 0.5) is 0 Å². The quantitative estimate of drug-likeness (QED) is 0.811. The van der Waals surface area contributed by atoms with E-state index in [1.807, 2.05) is 0 Å². The number of hydrazine groups is 1. The second kappa shape index (κ2) is 5.97. The van der Waals surface area contributed by atoms with Crippen molar-refractivity contribution in [3.05, 3.63) is 0 Å². The van der Waals surface area contributed by atoms with E-state index in [-0.39, 0.29) is 6.29 Å². The lowest BCUT2D eigenvalue weighted by atomic mass is 9.94. The summed E-state index contributed by atoms with van der Waals surface area (Å²) >= 11 is 0. The van der Waals surface area contributed by atoms with Gasteiger partial charge in [0.05, 0.1) is 0 Å². The van der Waals surface area contributed by atoms with Crippen LogP contribution in [0.3, 0.4) is 0 Å². The van der Waals surface area contributed by atoms with Gasteiger partial charge in [0.15, 0.2) is 6.29 Å². The molecule has 0 spiro atoms. The van der Waals surface area contributed by atoms with Crippen LogP contribution in [-0.4, -0.2) is 23.4 Å². The molecular weight excluding hydrogens is 226 g/mol. The molecule has 0 aromatic carbocycles. The van der Waals surface area contributed by atoms with Crippen molar-refractivity contribution in [2.75, 3.05) is 0 Å². The van der Waals surface area contributed by atoms with E-state index < -0.39 is 0 Å². The summed E-state index contributed by atoms with van der Waals surface area (Å²) in [5.41, 5.74) is 3.10. The predicted octanol–water partition coefficient (Wildman–Crippen LogP) is 2.71. The average molecular weight is 251 g/mol. The van der Waals surface area contributed by atoms with Gasteiger partial charge in [-0.05, 0) is 25.7 Å². The zero-order valence-corrected chi connectivity index (χ0v) is 11.1. The molecule has 0 aromatic heterocycles. The second-order valence-corrected chi connectivity index (χ2v) is 5.89. The van der Waals surface area contributed by atoms with Crippen LogP contribution < -0.4 is 10.9 Å². The highest BCUT2D eigenvalue weighted by Gasteiger charge is 2.32. The van der Waals surface area contributed by atoms with E-state index in [1.165, 1.54) is 64.2 Å². The smallest absolute Gasteiger partial charge is 0.196 e. The maximum Gasteiger partial charge on any atom is 0.196 e. The summed E-state index contributed by atoms with van der Waals surface area (Å²) in [6.45, 7) is 0. The van der Waals surface area contributed by atoms with Gasteiger partial charge in [-0.25, -0.2) is 5.53 Å². The van der Waals surface area contributed by atoms with Gasteiger partial charge >= 0.3 is 0 Å². The maximum absolute atomic E-state index is 4.32. The first-order valence-electron chi connectivity index (χ1n) is 7.63. The van der Waals surface area contributed by atoms with Crippen molar-refractivity contribution in [3.63, 3.8) is 0 Å².